The van der Waals surface area contributed by atoms with E-state index in [1.807, 2.05) is 30.5 Å². The van der Waals surface area contributed by atoms with Crippen molar-refractivity contribution < 1.29 is 4.39 Å². The fourth-order valence-corrected chi connectivity index (χ4v) is 4.55. The van der Waals surface area contributed by atoms with Crippen LogP contribution in [0.15, 0.2) is 59.7 Å². The Morgan fingerprint density at radius 3 is 2.65 bits per heavy atom. The first-order valence-corrected chi connectivity index (χ1v) is 9.47. The van der Waals surface area contributed by atoms with Crippen LogP contribution in [-0.2, 0) is 6.42 Å². The smallest absolute Gasteiger partial charge is 0.127 e. The highest BCUT2D eigenvalue weighted by molar-refractivity contribution is 6.15. The number of benzene rings is 2. The molecule has 2 nitrogen and oxygen atoms in total. The topological polar surface area (TPSA) is 25.2 Å². The van der Waals surface area contributed by atoms with Crippen LogP contribution in [0.5, 0.6) is 0 Å². The molecule has 1 aliphatic carbocycles. The van der Waals surface area contributed by atoms with E-state index in [9.17, 15) is 4.39 Å². The Kier molecular flexibility index (Phi) is 3.63. The van der Waals surface area contributed by atoms with Crippen LogP contribution in [0.4, 0.5) is 4.39 Å². The minimum absolute atomic E-state index is 0.103. The Bertz CT molecular complexity index is 1020. The maximum absolute atomic E-state index is 14.7. The summed E-state index contributed by atoms with van der Waals surface area (Å²) in [5.41, 5.74) is 4.48. The summed E-state index contributed by atoms with van der Waals surface area (Å²) in [5.74, 6) is -0.103. The van der Waals surface area contributed by atoms with Crippen molar-refractivity contribution in [3.8, 4) is 0 Å². The number of nitrogens with zero attached hydrogens (tertiary/aromatic N) is 2. The third-order valence-electron chi connectivity index (χ3n) is 5.88. The lowest BCUT2D eigenvalue weighted by Gasteiger charge is -2.38. The number of hydrogen-bond acceptors (Lipinski definition) is 2. The molecule has 0 unspecified atom stereocenters. The van der Waals surface area contributed by atoms with Gasteiger partial charge in [-0.05, 0) is 36.6 Å². The van der Waals surface area contributed by atoms with Crippen molar-refractivity contribution in [2.24, 2.45) is 4.99 Å². The van der Waals surface area contributed by atoms with Crippen molar-refractivity contribution in [1.82, 2.24) is 4.98 Å². The Balaban J connectivity index is 1.71. The van der Waals surface area contributed by atoms with Gasteiger partial charge in [-0.1, -0.05) is 49.6 Å². The van der Waals surface area contributed by atoms with Crippen molar-refractivity contribution in [1.29, 1.82) is 0 Å². The van der Waals surface area contributed by atoms with Gasteiger partial charge in [-0.2, -0.15) is 0 Å². The lowest BCUT2D eigenvalue weighted by Crippen LogP contribution is -2.38. The van der Waals surface area contributed by atoms with Crippen LogP contribution >= 0.6 is 0 Å². The first-order valence-electron chi connectivity index (χ1n) is 9.47. The fraction of sp³-hybridized carbons (Fsp3) is 0.304. The third kappa shape index (κ3) is 2.54. The predicted molar refractivity (Wildman–Crippen MR) is 103 cm³/mol. The van der Waals surface area contributed by atoms with Crippen LogP contribution in [0, 0.1) is 5.82 Å². The van der Waals surface area contributed by atoms with Gasteiger partial charge in [0.05, 0.1) is 16.8 Å². The normalized spacial score (nSPS) is 18.6. The summed E-state index contributed by atoms with van der Waals surface area (Å²) in [7, 11) is 0. The fourth-order valence-electron chi connectivity index (χ4n) is 4.55. The van der Waals surface area contributed by atoms with Gasteiger partial charge in [0.1, 0.15) is 5.82 Å². The average molecular weight is 344 g/mol. The second kappa shape index (κ2) is 6.01. The molecule has 5 rings (SSSR count). The van der Waals surface area contributed by atoms with E-state index in [2.05, 4.69) is 17.1 Å². The molecule has 26 heavy (non-hydrogen) atoms. The lowest BCUT2D eigenvalue weighted by atomic mass is 9.74. The van der Waals surface area contributed by atoms with Gasteiger partial charge in [0.15, 0.2) is 0 Å². The van der Waals surface area contributed by atoms with Crippen molar-refractivity contribution in [2.45, 2.75) is 44.1 Å². The molecule has 1 aliphatic heterocycles. The standard InChI is InChI=1S/C23H21FN2/c24-20-9-6-8-18-19(20)14-23(11-4-1-5-12-23)26-22(18)17-13-16-7-2-3-10-21(16)25-15-17/h2-3,6-10,13,15H,1,4-5,11-12,14H2. The summed E-state index contributed by atoms with van der Waals surface area (Å²) < 4.78 is 14.7. The Morgan fingerprint density at radius 2 is 1.77 bits per heavy atom. The first kappa shape index (κ1) is 15.7. The molecule has 130 valence electrons. The van der Waals surface area contributed by atoms with Gasteiger partial charge in [0, 0.05) is 29.1 Å². The molecule has 0 N–H and O–H groups in total. The van der Waals surface area contributed by atoms with Crippen LogP contribution < -0.4 is 0 Å². The van der Waals surface area contributed by atoms with E-state index in [4.69, 9.17) is 4.99 Å². The second-order valence-corrected chi connectivity index (χ2v) is 7.60. The van der Waals surface area contributed by atoms with Crippen LogP contribution in [0.2, 0.25) is 0 Å². The summed E-state index contributed by atoms with van der Waals surface area (Å²) >= 11 is 0. The van der Waals surface area contributed by atoms with Crippen LogP contribution in [0.25, 0.3) is 10.9 Å². The minimum Gasteiger partial charge on any atom is -0.277 e. The van der Waals surface area contributed by atoms with E-state index in [1.54, 1.807) is 12.1 Å². The zero-order chi connectivity index (χ0) is 17.6. The molecule has 0 amide bonds. The molecule has 1 saturated carbocycles. The average Bonchev–Trinajstić information content (AvgIpc) is 2.69. The molecule has 0 radical (unpaired) electrons. The monoisotopic (exact) mass is 344 g/mol. The van der Waals surface area contributed by atoms with Crippen LogP contribution in [-0.4, -0.2) is 16.2 Å². The molecule has 1 aromatic heterocycles. The van der Waals surface area contributed by atoms with E-state index >= 15 is 0 Å². The van der Waals surface area contributed by atoms with Crippen molar-refractivity contribution in [2.75, 3.05) is 0 Å². The number of aromatic nitrogens is 1. The van der Waals surface area contributed by atoms with Gasteiger partial charge in [-0.25, -0.2) is 4.39 Å². The van der Waals surface area contributed by atoms with Gasteiger partial charge in [0.25, 0.3) is 0 Å². The Hall–Kier alpha value is -2.55. The molecule has 3 heteroatoms. The zero-order valence-electron chi connectivity index (χ0n) is 14.7. The molecule has 2 aliphatic rings. The number of hydrogen-bond donors (Lipinski definition) is 0. The summed E-state index contributed by atoms with van der Waals surface area (Å²) in [6.07, 6.45) is 8.31. The quantitative estimate of drug-likeness (QED) is 0.574. The van der Waals surface area contributed by atoms with Gasteiger partial charge in [-0.15, -0.1) is 0 Å². The number of halogens is 1. The van der Waals surface area contributed by atoms with Crippen LogP contribution in [0.3, 0.4) is 0 Å². The van der Waals surface area contributed by atoms with E-state index in [0.29, 0.717) is 0 Å². The first-order chi connectivity index (χ1) is 12.7. The maximum atomic E-state index is 14.7. The maximum Gasteiger partial charge on any atom is 0.127 e. The second-order valence-electron chi connectivity index (χ2n) is 7.60. The van der Waals surface area contributed by atoms with E-state index < -0.39 is 0 Å². The van der Waals surface area contributed by atoms with Gasteiger partial charge >= 0.3 is 0 Å². The summed E-state index contributed by atoms with van der Waals surface area (Å²) in [4.78, 5) is 9.85. The van der Waals surface area contributed by atoms with Crippen molar-refractivity contribution in [3.05, 3.63) is 77.2 Å². The molecule has 1 fully saturated rings. The van der Waals surface area contributed by atoms with Gasteiger partial charge < -0.3 is 0 Å². The molecule has 0 saturated heterocycles. The highest BCUT2D eigenvalue weighted by Crippen LogP contribution is 2.40. The zero-order valence-corrected chi connectivity index (χ0v) is 14.7. The number of pyridine rings is 1. The summed E-state index contributed by atoms with van der Waals surface area (Å²) in [6, 6.07) is 15.6. The summed E-state index contributed by atoms with van der Waals surface area (Å²) in [5, 5.41) is 1.09. The van der Waals surface area contributed by atoms with Crippen molar-refractivity contribution >= 4 is 16.6 Å². The SMILES string of the molecule is Fc1cccc2c1CC1(CCCCC1)N=C2c1cnc2ccccc2c1. The lowest BCUT2D eigenvalue weighted by molar-refractivity contribution is 0.291. The van der Waals surface area contributed by atoms with E-state index in [-0.39, 0.29) is 11.4 Å². The number of fused-ring (bicyclic) bond motifs is 2. The number of aliphatic imine (C=N–C) groups is 1. The Labute approximate surface area is 152 Å². The Morgan fingerprint density at radius 1 is 0.923 bits per heavy atom. The molecular weight excluding hydrogens is 323 g/mol. The number of rotatable bonds is 1. The van der Waals surface area contributed by atoms with Gasteiger partial charge in [-0.3, -0.25) is 9.98 Å². The highest BCUT2D eigenvalue weighted by Gasteiger charge is 2.37. The summed E-state index contributed by atoms with van der Waals surface area (Å²) in [6.45, 7) is 0. The highest BCUT2D eigenvalue weighted by atomic mass is 19.1. The molecule has 0 atom stereocenters. The third-order valence-corrected chi connectivity index (χ3v) is 5.88. The van der Waals surface area contributed by atoms with Crippen molar-refractivity contribution in [3.63, 3.8) is 0 Å². The van der Waals surface area contributed by atoms with E-state index in [0.717, 1.165) is 52.6 Å². The molecular formula is C23H21FN2. The largest absolute Gasteiger partial charge is 0.277 e. The molecule has 0 bridgehead atoms. The molecule has 2 heterocycles. The van der Waals surface area contributed by atoms with E-state index in [1.165, 1.54) is 19.3 Å². The molecule has 1 spiro atoms. The van der Waals surface area contributed by atoms with Crippen LogP contribution in [0.1, 0.15) is 48.8 Å². The minimum atomic E-state index is -0.144. The number of para-hydroxylation sites is 1. The van der Waals surface area contributed by atoms with Gasteiger partial charge in [0.2, 0.25) is 0 Å². The predicted octanol–water partition coefficient (Wildman–Crippen LogP) is 5.47. The molecule has 2 aromatic carbocycles. The molecule has 3 aromatic rings.